The van der Waals surface area contributed by atoms with Gasteiger partial charge in [-0.05, 0) is 17.7 Å². The van der Waals surface area contributed by atoms with Crippen LogP contribution in [-0.4, -0.2) is 62.4 Å². The third-order valence-electron chi connectivity index (χ3n) is 5.98. The molecule has 1 amide bonds. The summed E-state index contributed by atoms with van der Waals surface area (Å²) in [6, 6.07) is 30.6. The smallest absolute Gasteiger partial charge is 0.233 e. The number of rotatable bonds is 7. The molecule has 0 N–H and O–H groups in total. The molecule has 0 bridgehead atoms. The molecule has 1 fully saturated rings. The summed E-state index contributed by atoms with van der Waals surface area (Å²) in [7, 11) is 0. The van der Waals surface area contributed by atoms with Crippen molar-refractivity contribution in [2.75, 3.05) is 31.9 Å². The van der Waals surface area contributed by atoms with Crippen LogP contribution in [0.4, 0.5) is 0 Å². The van der Waals surface area contributed by atoms with Gasteiger partial charge in [-0.1, -0.05) is 90.6 Å². The molecule has 0 saturated carbocycles. The highest BCUT2D eigenvalue weighted by atomic mass is 32.2. The van der Waals surface area contributed by atoms with Crippen molar-refractivity contribution in [3.8, 4) is 17.1 Å². The van der Waals surface area contributed by atoms with Crippen molar-refractivity contribution in [2.45, 2.75) is 11.7 Å². The highest BCUT2D eigenvalue weighted by Crippen LogP contribution is 2.28. The van der Waals surface area contributed by atoms with Gasteiger partial charge in [0.2, 0.25) is 5.91 Å². The Morgan fingerprint density at radius 2 is 1.38 bits per heavy atom. The molecule has 7 heteroatoms. The van der Waals surface area contributed by atoms with Gasteiger partial charge in [-0.15, -0.1) is 10.2 Å². The Morgan fingerprint density at radius 3 is 2.06 bits per heavy atom. The largest absolute Gasteiger partial charge is 0.339 e. The van der Waals surface area contributed by atoms with Crippen LogP contribution in [0, 0.1) is 0 Å². The summed E-state index contributed by atoms with van der Waals surface area (Å²) in [5.41, 5.74) is 3.29. The van der Waals surface area contributed by atoms with Crippen LogP contribution in [0.2, 0.25) is 0 Å². The lowest BCUT2D eigenvalue weighted by atomic mass is 10.2. The van der Waals surface area contributed by atoms with Crippen molar-refractivity contribution < 1.29 is 4.79 Å². The normalized spacial score (nSPS) is 14.3. The Labute approximate surface area is 204 Å². The Bertz CT molecular complexity index is 1210. The molecule has 5 rings (SSSR count). The van der Waals surface area contributed by atoms with E-state index >= 15 is 0 Å². The number of carbonyl (C=O) groups excluding carboxylic acids is 1. The molecule has 0 atom stereocenters. The molecular weight excluding hydrogens is 442 g/mol. The van der Waals surface area contributed by atoms with E-state index in [2.05, 4.69) is 39.4 Å². The summed E-state index contributed by atoms with van der Waals surface area (Å²) in [5.74, 6) is 1.27. The van der Waals surface area contributed by atoms with Gasteiger partial charge in [-0.25, -0.2) is 0 Å². The molecule has 0 aliphatic carbocycles. The molecule has 1 saturated heterocycles. The fourth-order valence-electron chi connectivity index (χ4n) is 4.16. The number of nitrogens with zero attached hydrogens (tertiary/aromatic N) is 5. The molecule has 1 aliphatic rings. The van der Waals surface area contributed by atoms with Crippen LogP contribution < -0.4 is 0 Å². The van der Waals surface area contributed by atoms with Gasteiger partial charge in [-0.2, -0.15) is 0 Å². The zero-order chi connectivity index (χ0) is 23.2. The van der Waals surface area contributed by atoms with Crippen LogP contribution in [0.15, 0.2) is 96.2 Å². The number of para-hydroxylation sites is 1. The average molecular weight is 470 g/mol. The van der Waals surface area contributed by atoms with Gasteiger partial charge in [0, 0.05) is 44.0 Å². The molecule has 1 aliphatic heterocycles. The van der Waals surface area contributed by atoms with E-state index in [1.165, 1.54) is 17.3 Å². The van der Waals surface area contributed by atoms with Gasteiger partial charge < -0.3 is 4.90 Å². The quantitative estimate of drug-likeness (QED) is 0.376. The molecule has 6 nitrogen and oxygen atoms in total. The van der Waals surface area contributed by atoms with Crippen LogP contribution >= 0.6 is 11.8 Å². The number of piperazine rings is 1. The fraction of sp³-hybridized carbons (Fsp3) is 0.222. The minimum Gasteiger partial charge on any atom is -0.339 e. The van der Waals surface area contributed by atoms with Gasteiger partial charge in [0.25, 0.3) is 0 Å². The van der Waals surface area contributed by atoms with Crippen molar-refractivity contribution in [3.63, 3.8) is 0 Å². The van der Waals surface area contributed by atoms with Crippen molar-refractivity contribution in [3.05, 3.63) is 96.6 Å². The van der Waals surface area contributed by atoms with E-state index in [1.54, 1.807) is 0 Å². The monoisotopic (exact) mass is 469 g/mol. The number of amides is 1. The third-order valence-corrected chi connectivity index (χ3v) is 6.89. The van der Waals surface area contributed by atoms with Crippen LogP contribution in [-0.2, 0) is 11.3 Å². The molecule has 34 heavy (non-hydrogen) atoms. The van der Waals surface area contributed by atoms with Crippen molar-refractivity contribution in [2.24, 2.45) is 0 Å². The Hall–Kier alpha value is -3.42. The first-order chi connectivity index (χ1) is 16.8. The summed E-state index contributed by atoms with van der Waals surface area (Å²) in [6.07, 6.45) is 0. The highest BCUT2D eigenvalue weighted by Gasteiger charge is 2.23. The summed E-state index contributed by atoms with van der Waals surface area (Å²) >= 11 is 1.45. The van der Waals surface area contributed by atoms with Crippen molar-refractivity contribution >= 4 is 17.7 Å². The first-order valence-corrected chi connectivity index (χ1v) is 12.5. The SMILES string of the molecule is O=C(CSc1nnc(-c2ccccc2)n1-c1ccccc1)N1CCN(Cc2ccccc2)CC1. The predicted molar refractivity (Wildman–Crippen MR) is 136 cm³/mol. The number of thioether (sulfide) groups is 1. The second kappa shape index (κ2) is 10.7. The number of carbonyl (C=O) groups is 1. The van der Waals surface area contributed by atoms with Crippen LogP contribution in [0.1, 0.15) is 5.56 Å². The molecule has 0 radical (unpaired) electrons. The molecule has 0 spiro atoms. The molecule has 0 unspecified atom stereocenters. The zero-order valence-corrected chi connectivity index (χ0v) is 19.8. The third kappa shape index (κ3) is 5.21. The van der Waals surface area contributed by atoms with E-state index in [0.29, 0.717) is 5.75 Å². The lowest BCUT2D eigenvalue weighted by Gasteiger charge is -2.34. The average Bonchev–Trinajstić information content (AvgIpc) is 3.33. The number of aromatic nitrogens is 3. The first-order valence-electron chi connectivity index (χ1n) is 11.5. The van der Waals surface area contributed by atoms with E-state index in [9.17, 15) is 4.79 Å². The van der Waals surface area contributed by atoms with Crippen LogP contribution in [0.5, 0.6) is 0 Å². The Kier molecular flexibility index (Phi) is 7.02. The van der Waals surface area contributed by atoms with Gasteiger partial charge in [-0.3, -0.25) is 14.3 Å². The second-order valence-electron chi connectivity index (χ2n) is 8.27. The molecule has 172 valence electrons. The van der Waals surface area contributed by atoms with Crippen LogP contribution in [0.3, 0.4) is 0 Å². The standard InChI is InChI=1S/C27H27N5OS/c33-25(31-18-16-30(17-19-31)20-22-10-4-1-5-11-22)21-34-27-29-28-26(23-12-6-2-7-13-23)32(27)24-14-8-3-9-15-24/h1-15H,16-21H2. The number of benzene rings is 3. The van der Waals surface area contributed by atoms with Gasteiger partial charge >= 0.3 is 0 Å². The van der Waals surface area contributed by atoms with Gasteiger partial charge in [0.05, 0.1) is 5.75 Å². The summed E-state index contributed by atoms with van der Waals surface area (Å²) in [5, 5.41) is 9.63. The van der Waals surface area contributed by atoms with E-state index < -0.39 is 0 Å². The maximum Gasteiger partial charge on any atom is 0.233 e. The lowest BCUT2D eigenvalue weighted by molar-refractivity contribution is -0.130. The maximum absolute atomic E-state index is 13.0. The number of hydrogen-bond acceptors (Lipinski definition) is 5. The van der Waals surface area contributed by atoms with E-state index in [0.717, 1.165) is 55.0 Å². The molecule has 1 aromatic heterocycles. The molecule has 4 aromatic rings. The van der Waals surface area contributed by atoms with E-state index in [-0.39, 0.29) is 5.91 Å². The van der Waals surface area contributed by atoms with E-state index in [1.807, 2.05) is 76.2 Å². The summed E-state index contributed by atoms with van der Waals surface area (Å²) in [4.78, 5) is 17.4. The Morgan fingerprint density at radius 1 is 0.765 bits per heavy atom. The summed E-state index contributed by atoms with van der Waals surface area (Å²) < 4.78 is 2.03. The zero-order valence-electron chi connectivity index (χ0n) is 19.0. The van der Waals surface area contributed by atoms with Crippen molar-refractivity contribution in [1.82, 2.24) is 24.6 Å². The minimum atomic E-state index is 0.147. The maximum atomic E-state index is 13.0. The summed E-state index contributed by atoms with van der Waals surface area (Å²) in [6.45, 7) is 4.23. The van der Waals surface area contributed by atoms with Crippen LogP contribution in [0.25, 0.3) is 17.1 Å². The second-order valence-corrected chi connectivity index (χ2v) is 9.22. The van der Waals surface area contributed by atoms with Crippen molar-refractivity contribution in [1.29, 1.82) is 0 Å². The van der Waals surface area contributed by atoms with Gasteiger partial charge in [0.15, 0.2) is 11.0 Å². The number of hydrogen-bond donors (Lipinski definition) is 0. The predicted octanol–water partition coefficient (Wildman–Crippen LogP) is 4.37. The first kappa shape index (κ1) is 22.4. The molecular formula is C27H27N5OS. The topological polar surface area (TPSA) is 54.3 Å². The minimum absolute atomic E-state index is 0.147. The molecule has 2 heterocycles. The fourth-order valence-corrected chi connectivity index (χ4v) is 5.02. The van der Waals surface area contributed by atoms with E-state index in [4.69, 9.17) is 0 Å². The Balaban J connectivity index is 1.24. The highest BCUT2D eigenvalue weighted by molar-refractivity contribution is 7.99. The lowest BCUT2D eigenvalue weighted by Crippen LogP contribution is -2.48. The van der Waals surface area contributed by atoms with Gasteiger partial charge in [0.1, 0.15) is 0 Å². The molecule has 3 aromatic carbocycles.